The lowest BCUT2D eigenvalue weighted by Crippen LogP contribution is -2.47. The maximum Gasteiger partial charge on any atom is 0.242 e. The normalized spacial score (nSPS) is 19.1. The molecular weight excluding hydrogens is 404 g/mol. The highest BCUT2D eigenvalue weighted by molar-refractivity contribution is 6.01. The second-order valence-corrected chi connectivity index (χ2v) is 8.07. The average molecular weight is 431 g/mol. The molecule has 1 aromatic carbocycles. The Morgan fingerprint density at radius 3 is 2.73 bits per heavy atom. The highest BCUT2D eigenvalue weighted by Gasteiger charge is 2.31. The minimum Gasteiger partial charge on any atom is -0.341 e. The quantitative estimate of drug-likeness (QED) is 0.797. The largest absolute Gasteiger partial charge is 0.341 e. The molecule has 2 amide bonds. The van der Waals surface area contributed by atoms with Crippen molar-refractivity contribution in [2.24, 2.45) is 0 Å². The van der Waals surface area contributed by atoms with Crippen LogP contribution in [0.5, 0.6) is 0 Å². The summed E-state index contributed by atoms with van der Waals surface area (Å²) >= 11 is 0. The SMILES string of the molecule is Cl.O=C(CN1C(=O)CCc2ccccc21)N1CCC(c2nnc3n2CCNC3)CC1. The zero-order valence-corrected chi connectivity index (χ0v) is 17.7. The van der Waals surface area contributed by atoms with Crippen LogP contribution in [0.2, 0.25) is 0 Å². The summed E-state index contributed by atoms with van der Waals surface area (Å²) in [6.07, 6.45) is 3.01. The summed E-state index contributed by atoms with van der Waals surface area (Å²) in [7, 11) is 0. The molecule has 3 aliphatic rings. The van der Waals surface area contributed by atoms with E-state index in [2.05, 4.69) is 20.1 Å². The molecule has 0 bridgehead atoms. The summed E-state index contributed by atoms with van der Waals surface area (Å²) in [6, 6.07) is 7.89. The van der Waals surface area contributed by atoms with Gasteiger partial charge in [-0.2, -0.15) is 0 Å². The Morgan fingerprint density at radius 2 is 1.90 bits per heavy atom. The van der Waals surface area contributed by atoms with Gasteiger partial charge in [0.15, 0.2) is 0 Å². The molecule has 2 aromatic rings. The first-order chi connectivity index (χ1) is 14.2. The molecule has 0 atom stereocenters. The van der Waals surface area contributed by atoms with Gasteiger partial charge in [-0.15, -0.1) is 22.6 Å². The molecule has 1 saturated heterocycles. The number of piperidine rings is 1. The second-order valence-electron chi connectivity index (χ2n) is 8.07. The summed E-state index contributed by atoms with van der Waals surface area (Å²) in [5, 5.41) is 12.1. The lowest BCUT2D eigenvalue weighted by molar-refractivity contribution is -0.132. The van der Waals surface area contributed by atoms with Crippen LogP contribution in [0.4, 0.5) is 5.69 Å². The summed E-state index contributed by atoms with van der Waals surface area (Å²) in [6.45, 7) is 4.16. The van der Waals surface area contributed by atoms with Crippen molar-refractivity contribution in [3.8, 4) is 0 Å². The Labute approximate surface area is 182 Å². The molecule has 1 fully saturated rings. The maximum absolute atomic E-state index is 12.9. The smallest absolute Gasteiger partial charge is 0.242 e. The Morgan fingerprint density at radius 1 is 1.10 bits per heavy atom. The Kier molecular flexibility index (Phi) is 6.06. The number of nitrogens with one attached hydrogen (secondary N) is 1. The summed E-state index contributed by atoms with van der Waals surface area (Å²) in [4.78, 5) is 29.0. The van der Waals surface area contributed by atoms with Gasteiger partial charge in [-0.3, -0.25) is 9.59 Å². The lowest BCUT2D eigenvalue weighted by atomic mass is 9.95. The van der Waals surface area contributed by atoms with E-state index in [1.54, 1.807) is 4.90 Å². The number of amides is 2. The molecule has 0 radical (unpaired) electrons. The fourth-order valence-corrected chi connectivity index (χ4v) is 4.71. The lowest BCUT2D eigenvalue weighted by Gasteiger charge is -2.35. The van der Waals surface area contributed by atoms with Crippen LogP contribution in [0.3, 0.4) is 0 Å². The van der Waals surface area contributed by atoms with Crippen LogP contribution in [0.1, 0.15) is 42.4 Å². The molecule has 3 aliphatic heterocycles. The number of carbonyl (C=O) groups is 2. The maximum atomic E-state index is 12.9. The molecule has 9 heteroatoms. The van der Waals surface area contributed by atoms with Crippen LogP contribution in [0, 0.1) is 0 Å². The Balaban J connectivity index is 0.00000218. The molecular formula is C21H27ClN6O2. The molecule has 4 heterocycles. The highest BCUT2D eigenvalue weighted by Crippen LogP contribution is 2.30. The minimum absolute atomic E-state index is 0. The number of hydrogen-bond donors (Lipinski definition) is 1. The zero-order chi connectivity index (χ0) is 19.8. The summed E-state index contributed by atoms with van der Waals surface area (Å²) in [5.74, 6) is 2.48. The van der Waals surface area contributed by atoms with E-state index in [4.69, 9.17) is 0 Å². The van der Waals surface area contributed by atoms with Gasteiger partial charge in [0.25, 0.3) is 0 Å². The molecule has 1 N–H and O–H groups in total. The standard InChI is InChI=1S/C21H26N6O2.ClH/c28-19-6-5-15-3-1-2-4-17(15)27(19)14-20(29)25-10-7-16(8-11-25)21-24-23-18-13-22-9-12-26(18)21;/h1-4,16,22H,5-14H2;1H. The second kappa shape index (κ2) is 8.73. The number of nitrogens with zero attached hydrogens (tertiary/aromatic N) is 5. The molecule has 5 rings (SSSR count). The Hall–Kier alpha value is -2.45. The molecule has 1 aromatic heterocycles. The van der Waals surface area contributed by atoms with E-state index in [9.17, 15) is 9.59 Å². The van der Waals surface area contributed by atoms with Gasteiger partial charge in [0.2, 0.25) is 11.8 Å². The highest BCUT2D eigenvalue weighted by atomic mass is 35.5. The van der Waals surface area contributed by atoms with Crippen LogP contribution in [-0.2, 0) is 29.1 Å². The number of carbonyl (C=O) groups excluding carboxylic acids is 2. The number of anilines is 1. The molecule has 0 aliphatic carbocycles. The van der Waals surface area contributed by atoms with Crippen LogP contribution in [-0.4, -0.2) is 57.7 Å². The van der Waals surface area contributed by atoms with Crippen molar-refractivity contribution < 1.29 is 9.59 Å². The first-order valence-corrected chi connectivity index (χ1v) is 10.5. The summed E-state index contributed by atoms with van der Waals surface area (Å²) in [5.41, 5.74) is 2.03. The third kappa shape index (κ3) is 3.81. The van der Waals surface area contributed by atoms with Crippen molar-refractivity contribution in [3.63, 3.8) is 0 Å². The zero-order valence-electron chi connectivity index (χ0n) is 16.9. The van der Waals surface area contributed by atoms with Gasteiger partial charge < -0.3 is 19.7 Å². The van der Waals surface area contributed by atoms with E-state index in [1.807, 2.05) is 29.2 Å². The molecule has 30 heavy (non-hydrogen) atoms. The van der Waals surface area contributed by atoms with Gasteiger partial charge in [-0.1, -0.05) is 18.2 Å². The predicted molar refractivity (Wildman–Crippen MR) is 115 cm³/mol. The van der Waals surface area contributed by atoms with E-state index in [0.29, 0.717) is 25.4 Å². The first kappa shape index (κ1) is 20.8. The van der Waals surface area contributed by atoms with Gasteiger partial charge in [0, 0.05) is 44.2 Å². The number of aryl methyl sites for hydroxylation is 1. The van der Waals surface area contributed by atoms with Crippen molar-refractivity contribution >= 4 is 29.9 Å². The van der Waals surface area contributed by atoms with Crippen molar-refractivity contribution in [1.29, 1.82) is 0 Å². The monoisotopic (exact) mass is 430 g/mol. The van der Waals surface area contributed by atoms with Gasteiger partial charge in [0.05, 0.1) is 6.54 Å². The number of rotatable bonds is 3. The molecule has 8 nitrogen and oxygen atoms in total. The van der Waals surface area contributed by atoms with Gasteiger partial charge in [-0.05, 0) is 30.9 Å². The van der Waals surface area contributed by atoms with Crippen molar-refractivity contribution in [2.45, 2.75) is 44.7 Å². The first-order valence-electron chi connectivity index (χ1n) is 10.5. The molecule has 0 spiro atoms. The topological polar surface area (TPSA) is 83.4 Å². The average Bonchev–Trinajstić information content (AvgIpc) is 3.20. The van der Waals surface area contributed by atoms with E-state index < -0.39 is 0 Å². The number of halogens is 1. The van der Waals surface area contributed by atoms with Crippen LogP contribution in [0.25, 0.3) is 0 Å². The summed E-state index contributed by atoms with van der Waals surface area (Å²) < 4.78 is 2.24. The Bertz CT molecular complexity index is 937. The van der Waals surface area contributed by atoms with Crippen molar-refractivity contribution in [1.82, 2.24) is 25.0 Å². The number of benzene rings is 1. The fourth-order valence-electron chi connectivity index (χ4n) is 4.71. The van der Waals surface area contributed by atoms with E-state index in [0.717, 1.165) is 61.8 Å². The number of hydrogen-bond acceptors (Lipinski definition) is 5. The van der Waals surface area contributed by atoms with Crippen molar-refractivity contribution in [2.75, 3.05) is 31.1 Å². The number of fused-ring (bicyclic) bond motifs is 2. The predicted octanol–water partition coefficient (Wildman–Crippen LogP) is 1.49. The molecule has 160 valence electrons. The van der Waals surface area contributed by atoms with Crippen LogP contribution in [0.15, 0.2) is 24.3 Å². The number of likely N-dealkylation sites (tertiary alicyclic amines) is 1. The van der Waals surface area contributed by atoms with Gasteiger partial charge >= 0.3 is 0 Å². The minimum atomic E-state index is 0. The number of para-hydroxylation sites is 1. The van der Waals surface area contributed by atoms with E-state index in [-0.39, 0.29) is 30.8 Å². The van der Waals surface area contributed by atoms with E-state index in [1.165, 1.54) is 0 Å². The molecule has 0 saturated carbocycles. The van der Waals surface area contributed by atoms with Gasteiger partial charge in [0.1, 0.15) is 18.2 Å². The van der Waals surface area contributed by atoms with Crippen LogP contribution < -0.4 is 10.2 Å². The third-order valence-electron chi connectivity index (χ3n) is 6.35. The third-order valence-corrected chi connectivity index (χ3v) is 6.35. The molecule has 0 unspecified atom stereocenters. The van der Waals surface area contributed by atoms with Crippen molar-refractivity contribution in [3.05, 3.63) is 41.5 Å². The van der Waals surface area contributed by atoms with E-state index >= 15 is 0 Å². The van der Waals surface area contributed by atoms with Crippen LogP contribution >= 0.6 is 12.4 Å². The number of aromatic nitrogens is 3. The van der Waals surface area contributed by atoms with Gasteiger partial charge in [-0.25, -0.2) is 0 Å². The fraction of sp³-hybridized carbons (Fsp3) is 0.524.